The molecule has 0 radical (unpaired) electrons. The molecule has 0 atom stereocenters. The third-order valence-electron chi connectivity index (χ3n) is 6.32. The molecule has 0 aliphatic carbocycles. The van der Waals surface area contributed by atoms with Crippen LogP contribution in [-0.2, 0) is 19.5 Å². The molecule has 32 heavy (non-hydrogen) atoms. The summed E-state index contributed by atoms with van der Waals surface area (Å²) >= 11 is 0. The number of pyridine rings is 1. The van der Waals surface area contributed by atoms with Gasteiger partial charge >= 0.3 is 0 Å². The molecule has 166 valence electrons. The summed E-state index contributed by atoms with van der Waals surface area (Å²) in [6.45, 7) is 5.29. The SMILES string of the molecule is c1ccc(CN(CCc2cccc3c2OCO3)Cc2ccnc(N3CCCCC3)c2)cc1. The Balaban J connectivity index is 1.32. The number of piperidine rings is 1. The van der Waals surface area contributed by atoms with Gasteiger partial charge in [0, 0.05) is 38.9 Å². The maximum Gasteiger partial charge on any atom is 0.231 e. The number of nitrogens with zero attached hydrogens (tertiary/aromatic N) is 3. The topological polar surface area (TPSA) is 37.8 Å². The molecule has 3 aromatic rings. The lowest BCUT2D eigenvalue weighted by atomic mass is 10.1. The Bertz CT molecular complexity index is 1020. The van der Waals surface area contributed by atoms with Gasteiger partial charge in [0.25, 0.3) is 0 Å². The summed E-state index contributed by atoms with van der Waals surface area (Å²) in [5.74, 6) is 2.88. The van der Waals surface area contributed by atoms with Crippen LogP contribution in [-0.4, -0.2) is 36.3 Å². The number of anilines is 1. The van der Waals surface area contributed by atoms with Crippen molar-refractivity contribution in [2.45, 2.75) is 38.8 Å². The summed E-state index contributed by atoms with van der Waals surface area (Å²) in [6, 6.07) is 21.3. The Hall–Kier alpha value is -3.05. The van der Waals surface area contributed by atoms with Crippen molar-refractivity contribution < 1.29 is 9.47 Å². The van der Waals surface area contributed by atoms with Gasteiger partial charge in [-0.15, -0.1) is 0 Å². The summed E-state index contributed by atoms with van der Waals surface area (Å²) < 4.78 is 11.3. The van der Waals surface area contributed by atoms with Crippen molar-refractivity contribution in [3.05, 3.63) is 83.6 Å². The normalized spacial score (nSPS) is 15.3. The summed E-state index contributed by atoms with van der Waals surface area (Å²) in [5, 5.41) is 0. The van der Waals surface area contributed by atoms with Gasteiger partial charge in [-0.1, -0.05) is 42.5 Å². The van der Waals surface area contributed by atoms with Gasteiger partial charge < -0.3 is 14.4 Å². The number of rotatable bonds is 8. The predicted molar refractivity (Wildman–Crippen MR) is 127 cm³/mol. The van der Waals surface area contributed by atoms with Crippen LogP contribution in [0.15, 0.2) is 66.9 Å². The van der Waals surface area contributed by atoms with E-state index in [0.29, 0.717) is 6.79 Å². The van der Waals surface area contributed by atoms with Crippen molar-refractivity contribution >= 4 is 5.82 Å². The third-order valence-corrected chi connectivity index (χ3v) is 6.32. The number of benzene rings is 2. The first-order chi connectivity index (χ1) is 15.8. The van der Waals surface area contributed by atoms with E-state index in [-0.39, 0.29) is 0 Å². The molecule has 2 aliphatic heterocycles. The van der Waals surface area contributed by atoms with Crippen molar-refractivity contribution in [2.75, 3.05) is 31.3 Å². The zero-order chi connectivity index (χ0) is 21.6. The third kappa shape index (κ3) is 5.05. The first kappa shape index (κ1) is 20.8. The van der Waals surface area contributed by atoms with Crippen molar-refractivity contribution in [2.24, 2.45) is 0 Å². The molecule has 0 N–H and O–H groups in total. The molecule has 2 aromatic carbocycles. The van der Waals surface area contributed by atoms with Gasteiger partial charge in [-0.25, -0.2) is 4.98 Å². The van der Waals surface area contributed by atoms with Gasteiger partial charge in [0.05, 0.1) is 0 Å². The first-order valence-electron chi connectivity index (χ1n) is 11.7. The second-order valence-corrected chi connectivity index (χ2v) is 8.67. The molecule has 1 saturated heterocycles. The number of hydrogen-bond donors (Lipinski definition) is 0. The molecule has 3 heterocycles. The van der Waals surface area contributed by atoms with Crippen molar-refractivity contribution in [1.29, 1.82) is 0 Å². The van der Waals surface area contributed by atoms with Crippen LogP contribution >= 0.6 is 0 Å². The quantitative estimate of drug-likeness (QED) is 0.501. The lowest BCUT2D eigenvalue weighted by Crippen LogP contribution is -2.30. The number of fused-ring (bicyclic) bond motifs is 1. The Morgan fingerprint density at radius 2 is 1.69 bits per heavy atom. The molecule has 0 amide bonds. The minimum Gasteiger partial charge on any atom is -0.454 e. The fourth-order valence-corrected chi connectivity index (χ4v) is 4.63. The highest BCUT2D eigenvalue weighted by Crippen LogP contribution is 2.35. The second-order valence-electron chi connectivity index (χ2n) is 8.67. The summed E-state index contributed by atoms with van der Waals surface area (Å²) in [4.78, 5) is 9.61. The molecule has 5 heteroatoms. The van der Waals surface area contributed by atoms with Crippen LogP contribution in [0.4, 0.5) is 5.82 Å². The fraction of sp³-hybridized carbons (Fsp3) is 0.370. The van der Waals surface area contributed by atoms with E-state index >= 15 is 0 Å². The molecule has 0 bridgehead atoms. The van der Waals surface area contributed by atoms with Gasteiger partial charge in [0.2, 0.25) is 6.79 Å². The molecule has 1 fully saturated rings. The zero-order valence-electron chi connectivity index (χ0n) is 18.6. The number of ether oxygens (including phenoxy) is 2. The Labute approximate surface area is 190 Å². The van der Waals surface area contributed by atoms with E-state index in [0.717, 1.165) is 56.5 Å². The average molecular weight is 430 g/mol. The minimum atomic E-state index is 0.316. The second kappa shape index (κ2) is 10.0. The molecule has 2 aliphatic rings. The van der Waals surface area contributed by atoms with E-state index in [2.05, 4.69) is 69.4 Å². The summed E-state index contributed by atoms with van der Waals surface area (Å²) in [7, 11) is 0. The highest BCUT2D eigenvalue weighted by atomic mass is 16.7. The van der Waals surface area contributed by atoms with Gasteiger partial charge in [-0.3, -0.25) is 4.90 Å². The maximum atomic E-state index is 5.73. The lowest BCUT2D eigenvalue weighted by molar-refractivity contribution is 0.173. The van der Waals surface area contributed by atoms with Crippen molar-refractivity contribution in [1.82, 2.24) is 9.88 Å². The molecule has 0 saturated carbocycles. The van der Waals surface area contributed by atoms with E-state index in [4.69, 9.17) is 9.47 Å². The predicted octanol–water partition coefficient (Wildman–Crippen LogP) is 5.05. The largest absolute Gasteiger partial charge is 0.454 e. The Morgan fingerprint density at radius 1 is 0.844 bits per heavy atom. The van der Waals surface area contributed by atoms with Gasteiger partial charge in [-0.05, 0) is 60.6 Å². The number of aromatic nitrogens is 1. The van der Waals surface area contributed by atoms with E-state index in [9.17, 15) is 0 Å². The minimum absolute atomic E-state index is 0.316. The van der Waals surface area contributed by atoms with Crippen molar-refractivity contribution in [3.8, 4) is 11.5 Å². The van der Waals surface area contributed by atoms with Crippen LogP contribution in [0.25, 0.3) is 0 Å². The monoisotopic (exact) mass is 429 g/mol. The molecule has 1 aromatic heterocycles. The highest BCUT2D eigenvalue weighted by molar-refractivity contribution is 5.48. The first-order valence-corrected chi connectivity index (χ1v) is 11.7. The van der Waals surface area contributed by atoms with E-state index in [1.807, 2.05) is 12.3 Å². The van der Waals surface area contributed by atoms with E-state index in [1.165, 1.54) is 36.0 Å². The molecular weight excluding hydrogens is 398 g/mol. The number of para-hydroxylation sites is 1. The molecule has 0 unspecified atom stereocenters. The van der Waals surface area contributed by atoms with Crippen LogP contribution in [0.5, 0.6) is 11.5 Å². The van der Waals surface area contributed by atoms with Crippen LogP contribution in [0.1, 0.15) is 36.0 Å². The maximum absolute atomic E-state index is 5.73. The van der Waals surface area contributed by atoms with E-state index < -0.39 is 0 Å². The van der Waals surface area contributed by atoms with Gasteiger partial charge in [0.1, 0.15) is 5.82 Å². The summed E-state index contributed by atoms with van der Waals surface area (Å²) in [6.07, 6.45) is 6.75. The smallest absolute Gasteiger partial charge is 0.231 e. The molecule has 0 spiro atoms. The standard InChI is InChI=1S/C27H31N3O2/c1-3-8-22(9-4-1)19-29(17-13-24-10-7-11-25-27(24)32-21-31-25)20-23-12-14-28-26(18-23)30-15-5-2-6-16-30/h1,3-4,7-12,14,18H,2,5-6,13,15-17,19-21H2. The number of hydrogen-bond acceptors (Lipinski definition) is 5. The highest BCUT2D eigenvalue weighted by Gasteiger charge is 2.18. The molecule has 5 rings (SSSR count). The van der Waals surface area contributed by atoms with E-state index in [1.54, 1.807) is 0 Å². The van der Waals surface area contributed by atoms with Crippen LogP contribution < -0.4 is 14.4 Å². The van der Waals surface area contributed by atoms with Gasteiger partial charge in [-0.2, -0.15) is 0 Å². The Morgan fingerprint density at radius 3 is 2.56 bits per heavy atom. The Kier molecular flexibility index (Phi) is 6.54. The fourth-order valence-electron chi connectivity index (χ4n) is 4.63. The van der Waals surface area contributed by atoms with Crippen LogP contribution in [0.3, 0.4) is 0 Å². The van der Waals surface area contributed by atoms with Crippen LogP contribution in [0, 0.1) is 0 Å². The zero-order valence-corrected chi connectivity index (χ0v) is 18.6. The average Bonchev–Trinajstić information content (AvgIpc) is 3.34. The van der Waals surface area contributed by atoms with Crippen LogP contribution in [0.2, 0.25) is 0 Å². The van der Waals surface area contributed by atoms with Crippen molar-refractivity contribution in [3.63, 3.8) is 0 Å². The lowest BCUT2D eigenvalue weighted by Gasteiger charge is -2.28. The molecule has 5 nitrogen and oxygen atoms in total. The molecular formula is C27H31N3O2. The summed E-state index contributed by atoms with van der Waals surface area (Å²) in [5.41, 5.74) is 3.85. The van der Waals surface area contributed by atoms with Gasteiger partial charge in [0.15, 0.2) is 11.5 Å².